The van der Waals surface area contributed by atoms with E-state index in [-0.39, 0.29) is 44.1 Å². The highest BCUT2D eigenvalue weighted by Gasteiger charge is 2.35. The quantitative estimate of drug-likeness (QED) is 0.0470. The lowest BCUT2D eigenvalue weighted by molar-refractivity contribution is -0.160. The van der Waals surface area contributed by atoms with Crippen LogP contribution in [0.4, 0.5) is 4.79 Å². The minimum Gasteiger partial charge on any atom is -0.481 e. The number of hydrogen-bond donors (Lipinski definition) is 7. The summed E-state index contributed by atoms with van der Waals surface area (Å²) in [6.07, 6.45) is -0.908. The molecule has 0 heterocycles. The monoisotopic (exact) mass is 719 g/mol. The second-order valence-electron chi connectivity index (χ2n) is 14.3. The number of carbonyl (C=O) groups is 6. The average Bonchev–Trinajstić information content (AvgIpc) is 3.00. The lowest BCUT2D eigenvalue weighted by atomic mass is 9.98. The number of hydrogen-bond acceptors (Lipinski definition) is 9. The molecule has 0 fully saturated rings. The first kappa shape index (κ1) is 44.1. The standard InChI is InChI=1S/C35H57N7O9/c1-9-21(2)27(31(48)50-34(3,4)5)42-29(46)23(16-13-19-38-32(36)37)39-28(45)24(17-18-26(43)44)40-30(47)25(20-22-14-11-10-12-15-22)41-33(49)51-35(6,7)8/h10-12,14-15,21,23-25,27H,9,13,16-20H2,1-8H3,(H,39,45)(H,40,47)(H,41,49)(H,42,46)(H,43,44)(H4,36,37,38)/t21-,23-,24-,25-,27-/m0/s1. The van der Waals surface area contributed by atoms with Gasteiger partial charge in [0.25, 0.3) is 0 Å². The number of amides is 4. The predicted octanol–water partition coefficient (Wildman–Crippen LogP) is 1.88. The minimum atomic E-state index is -1.43. The van der Waals surface area contributed by atoms with Crippen LogP contribution in [0.15, 0.2) is 35.3 Å². The van der Waals surface area contributed by atoms with Crippen LogP contribution >= 0.6 is 0 Å². The summed E-state index contributed by atoms with van der Waals surface area (Å²) in [6.45, 7) is 13.8. The molecule has 0 aliphatic rings. The van der Waals surface area contributed by atoms with Crippen molar-refractivity contribution in [3.63, 3.8) is 0 Å². The number of alkyl carbamates (subject to hydrolysis) is 1. The van der Waals surface area contributed by atoms with E-state index in [0.29, 0.717) is 12.0 Å². The third-order valence-electron chi connectivity index (χ3n) is 7.32. The number of aliphatic carboxylic acids is 1. The van der Waals surface area contributed by atoms with E-state index in [1.165, 1.54) is 0 Å². The highest BCUT2D eigenvalue weighted by Crippen LogP contribution is 2.16. The molecule has 4 amide bonds. The number of carbonyl (C=O) groups excluding carboxylic acids is 5. The summed E-state index contributed by atoms with van der Waals surface area (Å²) in [5.41, 5.74) is 9.86. The van der Waals surface area contributed by atoms with Crippen molar-refractivity contribution in [2.75, 3.05) is 6.54 Å². The number of aliphatic imine (C=N–C) groups is 1. The molecule has 9 N–H and O–H groups in total. The molecule has 51 heavy (non-hydrogen) atoms. The Hall–Kier alpha value is -4.89. The zero-order valence-corrected chi connectivity index (χ0v) is 31.0. The van der Waals surface area contributed by atoms with E-state index in [2.05, 4.69) is 26.3 Å². The zero-order chi connectivity index (χ0) is 38.9. The van der Waals surface area contributed by atoms with Crippen molar-refractivity contribution in [3.05, 3.63) is 35.9 Å². The first-order valence-corrected chi connectivity index (χ1v) is 17.1. The third kappa shape index (κ3) is 18.6. The highest BCUT2D eigenvalue weighted by atomic mass is 16.6. The van der Waals surface area contributed by atoms with Crippen LogP contribution in [-0.4, -0.2) is 88.7 Å². The molecule has 286 valence electrons. The van der Waals surface area contributed by atoms with Crippen LogP contribution in [0.2, 0.25) is 0 Å². The molecular weight excluding hydrogens is 662 g/mol. The molecule has 0 radical (unpaired) electrons. The second-order valence-corrected chi connectivity index (χ2v) is 14.3. The molecule has 16 nitrogen and oxygen atoms in total. The van der Waals surface area contributed by atoms with Crippen molar-refractivity contribution >= 4 is 41.7 Å². The molecule has 0 saturated heterocycles. The number of nitrogens with two attached hydrogens (primary N) is 2. The van der Waals surface area contributed by atoms with Crippen LogP contribution in [0, 0.1) is 5.92 Å². The van der Waals surface area contributed by atoms with Gasteiger partial charge in [-0.1, -0.05) is 50.6 Å². The number of carboxylic acid groups (broad SMARTS) is 1. The summed E-state index contributed by atoms with van der Waals surface area (Å²) in [7, 11) is 0. The van der Waals surface area contributed by atoms with Crippen LogP contribution in [0.25, 0.3) is 0 Å². The van der Waals surface area contributed by atoms with E-state index in [1.807, 2.05) is 6.92 Å². The van der Waals surface area contributed by atoms with Crippen molar-refractivity contribution in [1.29, 1.82) is 0 Å². The average molecular weight is 720 g/mol. The fraction of sp³-hybridized carbons (Fsp3) is 0.629. The molecule has 16 heteroatoms. The number of nitrogens with zero attached hydrogens (tertiary/aromatic N) is 1. The lowest BCUT2D eigenvalue weighted by Gasteiger charge is -2.30. The number of ether oxygens (including phenoxy) is 2. The Labute approximate surface area is 300 Å². The van der Waals surface area contributed by atoms with Gasteiger partial charge in [0.1, 0.15) is 35.4 Å². The molecule has 0 saturated carbocycles. The topological polar surface area (TPSA) is 254 Å². The van der Waals surface area contributed by atoms with Crippen molar-refractivity contribution in [2.45, 2.75) is 129 Å². The van der Waals surface area contributed by atoms with Crippen molar-refractivity contribution in [1.82, 2.24) is 21.3 Å². The van der Waals surface area contributed by atoms with Gasteiger partial charge in [0, 0.05) is 19.4 Å². The van der Waals surface area contributed by atoms with Gasteiger partial charge in [-0.3, -0.25) is 24.2 Å². The van der Waals surface area contributed by atoms with Crippen LogP contribution in [0.3, 0.4) is 0 Å². The van der Waals surface area contributed by atoms with Crippen molar-refractivity contribution in [2.24, 2.45) is 22.4 Å². The van der Waals surface area contributed by atoms with E-state index in [0.717, 1.165) is 0 Å². The van der Waals surface area contributed by atoms with Gasteiger partial charge in [-0.05, 0) is 72.3 Å². The van der Waals surface area contributed by atoms with Crippen LogP contribution in [0.5, 0.6) is 0 Å². The number of carboxylic acids is 1. The maximum Gasteiger partial charge on any atom is 0.408 e. The molecule has 1 aromatic rings. The van der Waals surface area contributed by atoms with Gasteiger partial charge in [0.2, 0.25) is 17.7 Å². The molecular formula is C35H57N7O9. The lowest BCUT2D eigenvalue weighted by Crippen LogP contribution is -2.59. The number of benzene rings is 1. The Bertz CT molecular complexity index is 1350. The number of nitrogens with one attached hydrogen (secondary N) is 4. The second kappa shape index (κ2) is 20.7. The fourth-order valence-electron chi connectivity index (χ4n) is 4.65. The molecule has 1 aromatic carbocycles. The van der Waals surface area contributed by atoms with E-state index in [4.69, 9.17) is 20.9 Å². The highest BCUT2D eigenvalue weighted by molar-refractivity contribution is 5.95. The van der Waals surface area contributed by atoms with Crippen LogP contribution < -0.4 is 32.7 Å². The smallest absolute Gasteiger partial charge is 0.408 e. The van der Waals surface area contributed by atoms with E-state index >= 15 is 0 Å². The SMILES string of the molecule is CC[C@H](C)[C@H](NC(=O)[C@H](CCCN=C(N)N)NC(=O)[C@H](CCC(=O)O)NC(=O)[C@H](Cc1ccccc1)NC(=O)OC(C)(C)C)C(=O)OC(C)(C)C. The summed E-state index contributed by atoms with van der Waals surface area (Å²) in [6, 6.07) is 3.87. The Morgan fingerprint density at radius 3 is 1.82 bits per heavy atom. The predicted molar refractivity (Wildman–Crippen MR) is 191 cm³/mol. The number of rotatable bonds is 19. The summed E-state index contributed by atoms with van der Waals surface area (Å²) >= 11 is 0. The molecule has 0 spiro atoms. The molecule has 5 atom stereocenters. The molecule has 1 rings (SSSR count). The summed E-state index contributed by atoms with van der Waals surface area (Å²) in [5.74, 6) is -4.72. The fourth-order valence-corrected chi connectivity index (χ4v) is 4.65. The molecule has 0 bridgehead atoms. The van der Waals surface area contributed by atoms with Gasteiger partial charge in [0.15, 0.2) is 5.96 Å². The van der Waals surface area contributed by atoms with Crippen molar-refractivity contribution in [3.8, 4) is 0 Å². The summed E-state index contributed by atoms with van der Waals surface area (Å²) in [4.78, 5) is 82.4. The molecule has 0 unspecified atom stereocenters. The minimum absolute atomic E-state index is 0.0202. The number of guanidine groups is 1. The number of esters is 1. The maximum atomic E-state index is 13.8. The first-order valence-electron chi connectivity index (χ1n) is 17.1. The maximum absolute atomic E-state index is 13.8. The van der Waals surface area contributed by atoms with E-state index < -0.39 is 77.5 Å². The van der Waals surface area contributed by atoms with Crippen LogP contribution in [0.1, 0.15) is 93.1 Å². The Morgan fingerprint density at radius 2 is 1.31 bits per heavy atom. The molecule has 0 aromatic heterocycles. The first-order chi connectivity index (χ1) is 23.6. The molecule has 0 aliphatic carbocycles. The molecule has 0 aliphatic heterocycles. The Kier molecular flexibility index (Phi) is 17.9. The van der Waals surface area contributed by atoms with Gasteiger partial charge in [-0.25, -0.2) is 9.59 Å². The van der Waals surface area contributed by atoms with E-state index in [1.54, 1.807) is 78.8 Å². The summed E-state index contributed by atoms with van der Waals surface area (Å²) < 4.78 is 10.9. The Morgan fingerprint density at radius 1 is 0.784 bits per heavy atom. The van der Waals surface area contributed by atoms with Gasteiger partial charge in [-0.2, -0.15) is 0 Å². The van der Waals surface area contributed by atoms with Gasteiger partial charge >= 0.3 is 18.0 Å². The summed E-state index contributed by atoms with van der Waals surface area (Å²) in [5, 5.41) is 19.8. The third-order valence-corrected chi connectivity index (χ3v) is 7.32. The Balaban J connectivity index is 3.39. The largest absolute Gasteiger partial charge is 0.481 e. The normalized spacial score (nSPS) is 14.4. The van der Waals surface area contributed by atoms with Gasteiger partial charge in [0.05, 0.1) is 0 Å². The van der Waals surface area contributed by atoms with Crippen LogP contribution in [-0.2, 0) is 39.9 Å². The van der Waals surface area contributed by atoms with Crippen molar-refractivity contribution < 1.29 is 43.3 Å². The van der Waals surface area contributed by atoms with E-state index in [9.17, 15) is 33.9 Å². The van der Waals surface area contributed by atoms with Gasteiger partial charge in [-0.15, -0.1) is 0 Å². The van der Waals surface area contributed by atoms with Gasteiger partial charge < -0.3 is 47.3 Å². The zero-order valence-electron chi connectivity index (χ0n) is 31.0.